The SMILES string of the molecule is CN1CCOC2(CCN(C(=O)c3cnsc3)CC2)C1. The van der Waals surface area contributed by atoms with Crippen molar-refractivity contribution in [1.29, 1.82) is 0 Å². The van der Waals surface area contributed by atoms with E-state index in [1.807, 2.05) is 10.3 Å². The minimum Gasteiger partial charge on any atom is -0.372 e. The van der Waals surface area contributed by atoms with Gasteiger partial charge in [0.15, 0.2) is 0 Å². The van der Waals surface area contributed by atoms with Crippen molar-refractivity contribution in [3.05, 3.63) is 17.1 Å². The third kappa shape index (κ3) is 2.66. The number of hydrogen-bond donors (Lipinski definition) is 0. The molecule has 0 saturated carbocycles. The molecule has 2 aliphatic rings. The maximum Gasteiger partial charge on any atom is 0.256 e. The van der Waals surface area contributed by atoms with Gasteiger partial charge in [-0.3, -0.25) is 4.79 Å². The van der Waals surface area contributed by atoms with Gasteiger partial charge in [-0.15, -0.1) is 0 Å². The van der Waals surface area contributed by atoms with Crippen LogP contribution in [0.2, 0.25) is 0 Å². The molecule has 0 unspecified atom stereocenters. The molecule has 1 spiro atoms. The van der Waals surface area contributed by atoms with E-state index in [0.717, 1.165) is 45.6 Å². The molecule has 1 aromatic heterocycles. The zero-order chi connectivity index (χ0) is 13.3. The van der Waals surface area contributed by atoms with Crippen LogP contribution >= 0.6 is 11.5 Å². The molecule has 3 heterocycles. The van der Waals surface area contributed by atoms with Gasteiger partial charge in [0.2, 0.25) is 0 Å². The summed E-state index contributed by atoms with van der Waals surface area (Å²) in [5.74, 6) is 0.104. The molecule has 3 rings (SSSR count). The fourth-order valence-corrected chi connectivity index (χ4v) is 3.46. The Morgan fingerprint density at radius 3 is 2.84 bits per heavy atom. The number of hydrogen-bond acceptors (Lipinski definition) is 5. The molecule has 0 aromatic carbocycles. The van der Waals surface area contributed by atoms with Gasteiger partial charge in [0.1, 0.15) is 0 Å². The van der Waals surface area contributed by atoms with E-state index in [0.29, 0.717) is 5.56 Å². The fourth-order valence-electron chi connectivity index (χ4n) is 2.95. The summed E-state index contributed by atoms with van der Waals surface area (Å²) in [6, 6.07) is 0. The van der Waals surface area contributed by atoms with Gasteiger partial charge >= 0.3 is 0 Å². The van der Waals surface area contributed by atoms with Gasteiger partial charge in [-0.25, -0.2) is 4.37 Å². The molecule has 0 N–H and O–H groups in total. The second-order valence-corrected chi connectivity index (χ2v) is 6.13. The van der Waals surface area contributed by atoms with Gasteiger partial charge in [-0.1, -0.05) is 0 Å². The van der Waals surface area contributed by atoms with Crippen molar-refractivity contribution < 1.29 is 9.53 Å². The summed E-state index contributed by atoms with van der Waals surface area (Å²) < 4.78 is 10.00. The Hall–Kier alpha value is -0.980. The predicted octanol–water partition coefficient (Wildman–Crippen LogP) is 1.08. The average Bonchev–Trinajstić information content (AvgIpc) is 2.92. The second kappa shape index (κ2) is 5.19. The largest absolute Gasteiger partial charge is 0.372 e. The molecule has 0 atom stereocenters. The molecule has 0 aliphatic carbocycles. The van der Waals surface area contributed by atoms with E-state index in [-0.39, 0.29) is 11.5 Å². The normalized spacial score (nSPS) is 23.7. The summed E-state index contributed by atoms with van der Waals surface area (Å²) in [6.45, 7) is 4.35. The lowest BCUT2D eigenvalue weighted by Crippen LogP contribution is -2.56. The highest BCUT2D eigenvalue weighted by molar-refractivity contribution is 7.03. The zero-order valence-electron chi connectivity index (χ0n) is 11.2. The average molecular weight is 281 g/mol. The number of likely N-dealkylation sites (N-methyl/N-ethyl adjacent to an activating group) is 1. The number of nitrogens with zero attached hydrogens (tertiary/aromatic N) is 3. The van der Waals surface area contributed by atoms with Crippen LogP contribution in [0.5, 0.6) is 0 Å². The number of carbonyl (C=O) groups is 1. The van der Waals surface area contributed by atoms with Crippen LogP contribution in [0, 0.1) is 0 Å². The number of morpholine rings is 1. The smallest absolute Gasteiger partial charge is 0.256 e. The summed E-state index contributed by atoms with van der Waals surface area (Å²) in [4.78, 5) is 16.5. The quantitative estimate of drug-likeness (QED) is 0.773. The highest BCUT2D eigenvalue weighted by Gasteiger charge is 2.39. The van der Waals surface area contributed by atoms with E-state index in [4.69, 9.17) is 4.74 Å². The predicted molar refractivity (Wildman–Crippen MR) is 73.4 cm³/mol. The topological polar surface area (TPSA) is 45.7 Å². The first-order chi connectivity index (χ1) is 9.19. The number of likely N-dealkylation sites (tertiary alicyclic amines) is 1. The number of piperidine rings is 1. The lowest BCUT2D eigenvalue weighted by molar-refractivity contribution is -0.127. The van der Waals surface area contributed by atoms with Crippen LogP contribution in [0.1, 0.15) is 23.2 Å². The van der Waals surface area contributed by atoms with Crippen LogP contribution in [0.15, 0.2) is 11.6 Å². The zero-order valence-corrected chi connectivity index (χ0v) is 12.0. The molecule has 0 radical (unpaired) electrons. The first-order valence-electron chi connectivity index (χ1n) is 6.70. The number of carbonyl (C=O) groups excluding carboxylic acids is 1. The molecule has 104 valence electrons. The van der Waals surface area contributed by atoms with Crippen LogP contribution in [-0.2, 0) is 4.74 Å². The maximum atomic E-state index is 12.2. The summed E-state index contributed by atoms with van der Waals surface area (Å²) in [5, 5.41) is 1.82. The summed E-state index contributed by atoms with van der Waals surface area (Å²) >= 11 is 1.32. The van der Waals surface area contributed by atoms with Crippen molar-refractivity contribution in [2.75, 3.05) is 39.8 Å². The van der Waals surface area contributed by atoms with Gasteiger partial charge in [-0.05, 0) is 31.4 Å². The Morgan fingerprint density at radius 2 is 2.21 bits per heavy atom. The Kier molecular flexibility index (Phi) is 3.56. The minimum absolute atomic E-state index is 0.0311. The first-order valence-corrected chi connectivity index (χ1v) is 7.53. The first kappa shape index (κ1) is 13.0. The minimum atomic E-state index is -0.0311. The molecule has 19 heavy (non-hydrogen) atoms. The highest BCUT2D eigenvalue weighted by Crippen LogP contribution is 2.30. The van der Waals surface area contributed by atoms with Crippen LogP contribution < -0.4 is 0 Å². The van der Waals surface area contributed by atoms with E-state index in [1.54, 1.807) is 6.20 Å². The van der Waals surface area contributed by atoms with Crippen molar-refractivity contribution in [3.8, 4) is 0 Å². The van der Waals surface area contributed by atoms with E-state index >= 15 is 0 Å². The molecule has 2 aliphatic heterocycles. The van der Waals surface area contributed by atoms with Crippen LogP contribution in [-0.4, -0.2) is 65.5 Å². The molecule has 1 aromatic rings. The number of rotatable bonds is 1. The third-order valence-electron chi connectivity index (χ3n) is 4.08. The molecule has 2 saturated heterocycles. The maximum absolute atomic E-state index is 12.2. The second-order valence-electron chi connectivity index (χ2n) is 5.47. The van der Waals surface area contributed by atoms with Crippen molar-refractivity contribution in [2.24, 2.45) is 0 Å². The monoisotopic (exact) mass is 281 g/mol. The number of aromatic nitrogens is 1. The molecule has 2 fully saturated rings. The number of ether oxygens (including phenoxy) is 1. The van der Waals surface area contributed by atoms with Crippen molar-refractivity contribution >= 4 is 17.4 Å². The highest BCUT2D eigenvalue weighted by atomic mass is 32.1. The van der Waals surface area contributed by atoms with Gasteiger partial charge in [0.05, 0.1) is 24.0 Å². The molecule has 5 nitrogen and oxygen atoms in total. The molecular formula is C13H19N3O2S. The summed E-state index contributed by atoms with van der Waals surface area (Å²) in [5.41, 5.74) is 0.680. The van der Waals surface area contributed by atoms with Crippen molar-refractivity contribution in [1.82, 2.24) is 14.2 Å². The Morgan fingerprint density at radius 1 is 1.42 bits per heavy atom. The summed E-state index contributed by atoms with van der Waals surface area (Å²) in [7, 11) is 2.14. The van der Waals surface area contributed by atoms with Crippen LogP contribution in [0.3, 0.4) is 0 Å². The van der Waals surface area contributed by atoms with E-state index in [9.17, 15) is 4.79 Å². The molecule has 1 amide bonds. The molecular weight excluding hydrogens is 262 g/mol. The van der Waals surface area contributed by atoms with Gasteiger partial charge in [-0.2, -0.15) is 0 Å². The lowest BCUT2D eigenvalue weighted by atomic mass is 9.89. The van der Waals surface area contributed by atoms with Crippen molar-refractivity contribution in [3.63, 3.8) is 0 Å². The Bertz CT molecular complexity index is 441. The Balaban J connectivity index is 1.61. The van der Waals surface area contributed by atoms with Crippen LogP contribution in [0.4, 0.5) is 0 Å². The molecule has 6 heteroatoms. The lowest BCUT2D eigenvalue weighted by Gasteiger charge is -2.46. The third-order valence-corrected chi connectivity index (χ3v) is 4.67. The summed E-state index contributed by atoms with van der Waals surface area (Å²) in [6.07, 6.45) is 3.52. The number of amides is 1. The standard InChI is InChI=1S/C13H19N3O2S/c1-15-6-7-18-13(10-15)2-4-16(5-3-13)12(17)11-8-14-19-9-11/h8-9H,2-7,10H2,1H3. The fraction of sp³-hybridized carbons (Fsp3) is 0.692. The van der Waals surface area contributed by atoms with Crippen LogP contribution in [0.25, 0.3) is 0 Å². The van der Waals surface area contributed by atoms with Gasteiger partial charge in [0, 0.05) is 31.6 Å². The van der Waals surface area contributed by atoms with E-state index < -0.39 is 0 Å². The van der Waals surface area contributed by atoms with Gasteiger partial charge in [0.25, 0.3) is 5.91 Å². The van der Waals surface area contributed by atoms with E-state index in [1.165, 1.54) is 11.5 Å². The molecule has 0 bridgehead atoms. The van der Waals surface area contributed by atoms with E-state index in [2.05, 4.69) is 16.3 Å². The Labute approximate surface area is 117 Å². The van der Waals surface area contributed by atoms with Gasteiger partial charge < -0.3 is 14.5 Å². The van der Waals surface area contributed by atoms with Crippen molar-refractivity contribution in [2.45, 2.75) is 18.4 Å².